The first-order valence-electron chi connectivity index (χ1n) is 10.1. The molecular formula is C21H26N6O2. The molecule has 0 bridgehead atoms. The molecule has 1 aliphatic heterocycles. The molecule has 3 aromatic rings. The highest BCUT2D eigenvalue weighted by Gasteiger charge is 2.28. The van der Waals surface area contributed by atoms with Gasteiger partial charge in [0.1, 0.15) is 18.1 Å². The number of amides is 1. The molecule has 3 heterocycles. The van der Waals surface area contributed by atoms with Crippen LogP contribution < -0.4 is 4.74 Å². The van der Waals surface area contributed by atoms with Crippen LogP contribution in [0.4, 0.5) is 0 Å². The Labute approximate surface area is 170 Å². The SMILES string of the molecule is Cn1cc(C(=O)N2CCCCC2CCn2cc(COc3ccccc3)nn2)cn1. The molecule has 29 heavy (non-hydrogen) atoms. The lowest BCUT2D eigenvalue weighted by atomic mass is 9.98. The second-order valence-corrected chi connectivity index (χ2v) is 7.41. The van der Waals surface area contributed by atoms with Gasteiger partial charge in [0.2, 0.25) is 0 Å². The van der Waals surface area contributed by atoms with Crippen LogP contribution >= 0.6 is 0 Å². The summed E-state index contributed by atoms with van der Waals surface area (Å²) >= 11 is 0. The fraction of sp³-hybridized carbons (Fsp3) is 0.429. The number of aromatic nitrogens is 5. The standard InChI is InChI=1S/C21H26N6O2/c1-25-14-17(13-22-25)21(28)27-11-6-5-7-19(27)10-12-26-15-18(23-24-26)16-29-20-8-3-2-4-9-20/h2-4,8-9,13-15,19H,5-7,10-12,16H2,1H3. The van der Waals surface area contributed by atoms with E-state index >= 15 is 0 Å². The summed E-state index contributed by atoms with van der Waals surface area (Å²) in [5.74, 6) is 0.882. The van der Waals surface area contributed by atoms with Gasteiger partial charge in [-0.05, 0) is 37.8 Å². The third-order valence-corrected chi connectivity index (χ3v) is 5.25. The number of rotatable bonds is 7. The van der Waals surface area contributed by atoms with Crippen LogP contribution in [0.25, 0.3) is 0 Å². The van der Waals surface area contributed by atoms with Crippen LogP contribution in [-0.4, -0.2) is 48.2 Å². The highest BCUT2D eigenvalue weighted by molar-refractivity contribution is 5.94. The molecule has 152 valence electrons. The Morgan fingerprint density at radius 2 is 2.07 bits per heavy atom. The number of hydrogen-bond acceptors (Lipinski definition) is 5. The molecule has 0 aliphatic carbocycles. The molecule has 1 amide bonds. The fourth-order valence-corrected chi connectivity index (χ4v) is 3.73. The van der Waals surface area contributed by atoms with Crippen LogP contribution in [0.5, 0.6) is 5.75 Å². The largest absolute Gasteiger partial charge is 0.487 e. The number of para-hydroxylation sites is 1. The van der Waals surface area contributed by atoms with Gasteiger partial charge in [-0.15, -0.1) is 5.10 Å². The smallest absolute Gasteiger partial charge is 0.257 e. The summed E-state index contributed by atoms with van der Waals surface area (Å²) < 4.78 is 9.23. The van der Waals surface area contributed by atoms with E-state index in [4.69, 9.17) is 4.74 Å². The van der Waals surface area contributed by atoms with Crippen LogP contribution in [0.3, 0.4) is 0 Å². The summed E-state index contributed by atoms with van der Waals surface area (Å²) in [5.41, 5.74) is 1.45. The molecule has 0 N–H and O–H groups in total. The minimum absolute atomic E-state index is 0.0679. The molecule has 1 saturated heterocycles. The number of likely N-dealkylation sites (tertiary alicyclic amines) is 1. The van der Waals surface area contributed by atoms with E-state index < -0.39 is 0 Å². The Bertz CT molecular complexity index is 936. The van der Waals surface area contributed by atoms with Crippen molar-refractivity contribution >= 4 is 5.91 Å². The van der Waals surface area contributed by atoms with Crippen LogP contribution in [0.2, 0.25) is 0 Å². The third kappa shape index (κ3) is 4.82. The first-order chi connectivity index (χ1) is 14.2. The predicted molar refractivity (Wildman–Crippen MR) is 107 cm³/mol. The normalized spacial score (nSPS) is 16.7. The number of carbonyl (C=O) groups excluding carboxylic acids is 1. The maximum Gasteiger partial charge on any atom is 0.257 e. The summed E-state index contributed by atoms with van der Waals surface area (Å²) in [5, 5.41) is 12.5. The number of piperidine rings is 1. The molecule has 0 saturated carbocycles. The Morgan fingerprint density at radius 1 is 1.21 bits per heavy atom. The van der Waals surface area contributed by atoms with E-state index in [9.17, 15) is 4.79 Å². The third-order valence-electron chi connectivity index (χ3n) is 5.25. The van der Waals surface area contributed by atoms with Crippen molar-refractivity contribution in [3.63, 3.8) is 0 Å². The van der Waals surface area contributed by atoms with Gasteiger partial charge in [0.05, 0.1) is 18.0 Å². The van der Waals surface area contributed by atoms with Gasteiger partial charge in [0.25, 0.3) is 5.91 Å². The van der Waals surface area contributed by atoms with E-state index in [1.807, 2.05) is 53.2 Å². The van der Waals surface area contributed by atoms with Crippen LogP contribution in [0.1, 0.15) is 41.7 Å². The van der Waals surface area contributed by atoms with E-state index in [0.717, 1.165) is 50.2 Å². The van der Waals surface area contributed by atoms with Crippen LogP contribution in [0, 0.1) is 0 Å². The van der Waals surface area contributed by atoms with Gasteiger partial charge in [0, 0.05) is 32.4 Å². The number of benzene rings is 1. The Kier molecular flexibility index (Phi) is 5.88. The molecule has 8 nitrogen and oxygen atoms in total. The molecule has 1 aromatic carbocycles. The summed E-state index contributed by atoms with van der Waals surface area (Å²) in [6, 6.07) is 9.88. The molecule has 0 spiro atoms. The zero-order valence-electron chi connectivity index (χ0n) is 16.6. The molecular weight excluding hydrogens is 368 g/mol. The van der Waals surface area contributed by atoms with Crippen molar-refractivity contribution < 1.29 is 9.53 Å². The predicted octanol–water partition coefficient (Wildman–Crippen LogP) is 2.68. The minimum atomic E-state index is 0.0679. The van der Waals surface area contributed by atoms with Gasteiger partial charge in [-0.3, -0.25) is 14.2 Å². The summed E-state index contributed by atoms with van der Waals surface area (Å²) in [6.45, 7) is 1.91. The maximum atomic E-state index is 12.9. The number of hydrogen-bond donors (Lipinski definition) is 0. The highest BCUT2D eigenvalue weighted by Crippen LogP contribution is 2.22. The van der Waals surface area contributed by atoms with Gasteiger partial charge in [-0.25, -0.2) is 0 Å². The van der Waals surface area contributed by atoms with Crippen molar-refractivity contribution in [2.24, 2.45) is 7.05 Å². The van der Waals surface area contributed by atoms with Crippen molar-refractivity contribution in [3.05, 3.63) is 60.2 Å². The average molecular weight is 394 g/mol. The van der Waals surface area contributed by atoms with Crippen LogP contribution in [-0.2, 0) is 20.2 Å². The van der Waals surface area contributed by atoms with Gasteiger partial charge in [0.15, 0.2) is 0 Å². The Morgan fingerprint density at radius 3 is 2.86 bits per heavy atom. The first-order valence-corrected chi connectivity index (χ1v) is 10.1. The number of ether oxygens (including phenoxy) is 1. The maximum absolute atomic E-state index is 12.9. The summed E-state index contributed by atoms with van der Waals surface area (Å²) in [6.07, 6.45) is 9.41. The number of nitrogens with zero attached hydrogens (tertiary/aromatic N) is 6. The van der Waals surface area contributed by atoms with E-state index in [1.165, 1.54) is 0 Å². The molecule has 1 atom stereocenters. The van der Waals surface area contributed by atoms with Gasteiger partial charge < -0.3 is 9.64 Å². The monoisotopic (exact) mass is 394 g/mol. The topological polar surface area (TPSA) is 78.1 Å². The number of aryl methyl sites for hydroxylation is 2. The van der Waals surface area contributed by atoms with Crippen molar-refractivity contribution in [1.29, 1.82) is 0 Å². The van der Waals surface area contributed by atoms with E-state index in [0.29, 0.717) is 12.2 Å². The Hall–Kier alpha value is -3.16. The molecule has 1 aliphatic rings. The lowest BCUT2D eigenvalue weighted by Gasteiger charge is -2.35. The van der Waals surface area contributed by atoms with Crippen molar-refractivity contribution in [1.82, 2.24) is 29.7 Å². The van der Waals surface area contributed by atoms with Gasteiger partial charge in [-0.1, -0.05) is 23.4 Å². The molecule has 8 heteroatoms. The molecule has 1 fully saturated rings. The van der Waals surface area contributed by atoms with Crippen molar-refractivity contribution in [2.45, 2.75) is 44.9 Å². The molecule has 2 aromatic heterocycles. The van der Waals surface area contributed by atoms with Crippen molar-refractivity contribution in [2.75, 3.05) is 6.54 Å². The second-order valence-electron chi connectivity index (χ2n) is 7.41. The Balaban J connectivity index is 1.32. The lowest BCUT2D eigenvalue weighted by Crippen LogP contribution is -2.44. The first kappa shape index (κ1) is 19.2. The molecule has 4 rings (SSSR count). The zero-order valence-corrected chi connectivity index (χ0v) is 16.6. The highest BCUT2D eigenvalue weighted by atomic mass is 16.5. The second kappa shape index (κ2) is 8.89. The summed E-state index contributed by atoms with van der Waals surface area (Å²) in [7, 11) is 1.83. The van der Waals surface area contributed by atoms with E-state index in [1.54, 1.807) is 17.1 Å². The molecule has 1 unspecified atom stereocenters. The lowest BCUT2D eigenvalue weighted by molar-refractivity contribution is 0.0593. The zero-order chi connectivity index (χ0) is 20.1. The minimum Gasteiger partial charge on any atom is -0.487 e. The molecule has 0 radical (unpaired) electrons. The summed E-state index contributed by atoms with van der Waals surface area (Å²) in [4.78, 5) is 14.9. The fourth-order valence-electron chi connectivity index (χ4n) is 3.73. The van der Waals surface area contributed by atoms with Crippen LogP contribution in [0.15, 0.2) is 48.9 Å². The van der Waals surface area contributed by atoms with Gasteiger partial charge in [-0.2, -0.15) is 5.10 Å². The average Bonchev–Trinajstić information content (AvgIpc) is 3.40. The van der Waals surface area contributed by atoms with Gasteiger partial charge >= 0.3 is 0 Å². The quantitative estimate of drug-likeness (QED) is 0.616. The number of carbonyl (C=O) groups is 1. The van der Waals surface area contributed by atoms with E-state index in [2.05, 4.69) is 15.4 Å². The van der Waals surface area contributed by atoms with Crippen molar-refractivity contribution in [3.8, 4) is 5.75 Å². The van der Waals surface area contributed by atoms with E-state index in [-0.39, 0.29) is 11.9 Å².